The van der Waals surface area contributed by atoms with Crippen molar-refractivity contribution < 1.29 is 4.79 Å². The van der Waals surface area contributed by atoms with Crippen molar-refractivity contribution in [2.75, 3.05) is 0 Å². The minimum Gasteiger partial charge on any atom is -0.303 e. The van der Waals surface area contributed by atoms with E-state index in [2.05, 4.69) is 19.1 Å². The van der Waals surface area contributed by atoms with Crippen LogP contribution in [0.1, 0.15) is 32.6 Å². The van der Waals surface area contributed by atoms with Crippen molar-refractivity contribution in [2.45, 2.75) is 32.6 Å². The third-order valence-corrected chi connectivity index (χ3v) is 2.21. The van der Waals surface area contributed by atoms with Crippen LogP contribution in [-0.2, 0) is 4.79 Å². The van der Waals surface area contributed by atoms with Crippen LogP contribution in [0, 0.1) is 5.41 Å². The summed E-state index contributed by atoms with van der Waals surface area (Å²) < 4.78 is 0. The van der Waals surface area contributed by atoms with Crippen LogP contribution in [0.2, 0.25) is 0 Å². The van der Waals surface area contributed by atoms with Crippen LogP contribution >= 0.6 is 0 Å². The van der Waals surface area contributed by atoms with Crippen LogP contribution < -0.4 is 0 Å². The van der Waals surface area contributed by atoms with Gasteiger partial charge in [-0.1, -0.05) is 25.5 Å². The van der Waals surface area contributed by atoms with E-state index in [0.717, 1.165) is 32.0 Å². The van der Waals surface area contributed by atoms with E-state index in [9.17, 15) is 4.79 Å². The molecular weight excluding hydrogens is 124 g/mol. The molecule has 1 aliphatic carbocycles. The van der Waals surface area contributed by atoms with Gasteiger partial charge in [0.1, 0.15) is 6.29 Å². The lowest BCUT2D eigenvalue weighted by Crippen LogP contribution is -2.17. The van der Waals surface area contributed by atoms with Crippen LogP contribution in [-0.4, -0.2) is 6.29 Å². The first-order valence-electron chi connectivity index (χ1n) is 3.94. The molecular formula is C9H14O. The van der Waals surface area contributed by atoms with Gasteiger partial charge in [-0.15, -0.1) is 0 Å². The van der Waals surface area contributed by atoms with Gasteiger partial charge >= 0.3 is 0 Å². The van der Waals surface area contributed by atoms with E-state index in [4.69, 9.17) is 0 Å². The molecule has 0 N–H and O–H groups in total. The summed E-state index contributed by atoms with van der Waals surface area (Å²) in [7, 11) is 0. The Morgan fingerprint density at radius 3 is 2.50 bits per heavy atom. The zero-order valence-electron chi connectivity index (χ0n) is 6.47. The molecule has 0 fully saturated rings. The minimum absolute atomic E-state index is 0.00521. The molecule has 56 valence electrons. The Balaban J connectivity index is 2.52. The Labute approximate surface area is 62.1 Å². The minimum atomic E-state index is -0.00521. The molecule has 1 rings (SSSR count). The summed E-state index contributed by atoms with van der Waals surface area (Å²) in [6, 6.07) is 0. The summed E-state index contributed by atoms with van der Waals surface area (Å²) in [5.74, 6) is 0. The standard InChI is InChI=1S/C9H14O/c1-2-5-9(8-10)6-3-4-7-9/h3-4,8H,2,5-7H2,1H3. The first-order valence-corrected chi connectivity index (χ1v) is 3.94. The average Bonchev–Trinajstić information content (AvgIpc) is 2.39. The van der Waals surface area contributed by atoms with Gasteiger partial charge in [-0.25, -0.2) is 0 Å². The molecule has 0 aliphatic heterocycles. The van der Waals surface area contributed by atoms with E-state index < -0.39 is 0 Å². The predicted molar refractivity (Wildman–Crippen MR) is 41.8 cm³/mol. The van der Waals surface area contributed by atoms with E-state index in [1.807, 2.05) is 0 Å². The van der Waals surface area contributed by atoms with Crippen molar-refractivity contribution >= 4 is 6.29 Å². The second kappa shape index (κ2) is 3.00. The number of carbonyl (C=O) groups excluding carboxylic acids is 1. The van der Waals surface area contributed by atoms with Gasteiger partial charge in [0.25, 0.3) is 0 Å². The molecule has 1 heteroatoms. The molecule has 1 aliphatic rings. The smallest absolute Gasteiger partial charge is 0.126 e. The summed E-state index contributed by atoms with van der Waals surface area (Å²) in [4.78, 5) is 10.7. The highest BCUT2D eigenvalue weighted by Gasteiger charge is 2.28. The van der Waals surface area contributed by atoms with Gasteiger partial charge in [-0.3, -0.25) is 0 Å². The van der Waals surface area contributed by atoms with Crippen molar-refractivity contribution in [2.24, 2.45) is 5.41 Å². The molecule has 10 heavy (non-hydrogen) atoms. The van der Waals surface area contributed by atoms with E-state index in [-0.39, 0.29) is 5.41 Å². The third kappa shape index (κ3) is 1.28. The molecule has 0 aromatic rings. The molecule has 0 aromatic heterocycles. The number of aldehydes is 1. The Kier molecular flexibility index (Phi) is 2.25. The van der Waals surface area contributed by atoms with Crippen molar-refractivity contribution in [3.05, 3.63) is 12.2 Å². The topological polar surface area (TPSA) is 17.1 Å². The van der Waals surface area contributed by atoms with Gasteiger partial charge in [0, 0.05) is 5.41 Å². The molecule has 0 heterocycles. The molecule has 0 bridgehead atoms. The zero-order chi connectivity index (χ0) is 7.45. The van der Waals surface area contributed by atoms with E-state index in [0.29, 0.717) is 0 Å². The first kappa shape index (κ1) is 7.52. The summed E-state index contributed by atoms with van der Waals surface area (Å²) in [6.07, 6.45) is 9.45. The van der Waals surface area contributed by atoms with Crippen LogP contribution in [0.4, 0.5) is 0 Å². The fourth-order valence-corrected chi connectivity index (χ4v) is 1.58. The van der Waals surface area contributed by atoms with Gasteiger partial charge < -0.3 is 4.79 Å². The van der Waals surface area contributed by atoms with Crippen molar-refractivity contribution in [3.8, 4) is 0 Å². The molecule has 0 saturated carbocycles. The molecule has 0 amide bonds. The molecule has 1 nitrogen and oxygen atoms in total. The maximum atomic E-state index is 10.7. The number of allylic oxidation sites excluding steroid dienone is 2. The molecule has 0 saturated heterocycles. The van der Waals surface area contributed by atoms with Crippen molar-refractivity contribution in [1.82, 2.24) is 0 Å². The largest absolute Gasteiger partial charge is 0.303 e. The van der Waals surface area contributed by atoms with Gasteiger partial charge in [0.15, 0.2) is 0 Å². The third-order valence-electron chi connectivity index (χ3n) is 2.21. The van der Waals surface area contributed by atoms with Gasteiger partial charge in [-0.05, 0) is 19.3 Å². The predicted octanol–water partition coefficient (Wildman–Crippen LogP) is 2.32. The first-order chi connectivity index (χ1) is 4.83. The normalized spacial score (nSPS) is 21.3. The summed E-state index contributed by atoms with van der Waals surface area (Å²) in [6.45, 7) is 2.13. The maximum Gasteiger partial charge on any atom is 0.126 e. The Morgan fingerprint density at radius 2 is 2.10 bits per heavy atom. The van der Waals surface area contributed by atoms with E-state index >= 15 is 0 Å². The Bertz CT molecular complexity index is 139. The summed E-state index contributed by atoms with van der Waals surface area (Å²) in [5, 5.41) is 0. The lowest BCUT2D eigenvalue weighted by molar-refractivity contribution is -0.116. The summed E-state index contributed by atoms with van der Waals surface area (Å²) in [5.41, 5.74) is -0.00521. The maximum absolute atomic E-state index is 10.7. The highest BCUT2D eigenvalue weighted by Crippen LogP contribution is 2.35. The quantitative estimate of drug-likeness (QED) is 0.432. The molecule has 0 atom stereocenters. The van der Waals surface area contributed by atoms with Crippen molar-refractivity contribution in [1.29, 1.82) is 0 Å². The lowest BCUT2D eigenvalue weighted by atomic mass is 9.83. The van der Waals surface area contributed by atoms with Gasteiger partial charge in [0.2, 0.25) is 0 Å². The molecule has 0 aromatic carbocycles. The number of hydrogen-bond acceptors (Lipinski definition) is 1. The SMILES string of the molecule is CCCC1(C=O)CC=CC1. The van der Waals surface area contributed by atoms with Crippen LogP contribution in [0.25, 0.3) is 0 Å². The van der Waals surface area contributed by atoms with E-state index in [1.165, 1.54) is 0 Å². The van der Waals surface area contributed by atoms with Crippen LogP contribution in [0.15, 0.2) is 12.2 Å². The van der Waals surface area contributed by atoms with Gasteiger partial charge in [0.05, 0.1) is 0 Å². The fourth-order valence-electron chi connectivity index (χ4n) is 1.58. The zero-order valence-corrected chi connectivity index (χ0v) is 6.47. The summed E-state index contributed by atoms with van der Waals surface area (Å²) >= 11 is 0. The molecule has 0 unspecified atom stereocenters. The highest BCUT2D eigenvalue weighted by atomic mass is 16.1. The second-order valence-corrected chi connectivity index (χ2v) is 3.11. The number of carbonyl (C=O) groups is 1. The second-order valence-electron chi connectivity index (χ2n) is 3.11. The number of rotatable bonds is 3. The monoisotopic (exact) mass is 138 g/mol. The van der Waals surface area contributed by atoms with Crippen LogP contribution in [0.5, 0.6) is 0 Å². The molecule has 0 spiro atoms. The fraction of sp³-hybridized carbons (Fsp3) is 0.667. The van der Waals surface area contributed by atoms with E-state index in [1.54, 1.807) is 0 Å². The molecule has 0 radical (unpaired) electrons. The van der Waals surface area contributed by atoms with Gasteiger partial charge in [-0.2, -0.15) is 0 Å². The highest BCUT2D eigenvalue weighted by molar-refractivity contribution is 5.61. The van der Waals surface area contributed by atoms with Crippen molar-refractivity contribution in [3.63, 3.8) is 0 Å². The lowest BCUT2D eigenvalue weighted by Gasteiger charge is -2.19. The average molecular weight is 138 g/mol. The Morgan fingerprint density at radius 1 is 1.50 bits per heavy atom. The van der Waals surface area contributed by atoms with Crippen LogP contribution in [0.3, 0.4) is 0 Å². The Hall–Kier alpha value is -0.590. The number of hydrogen-bond donors (Lipinski definition) is 0.